The number of piperidine rings is 1. The second-order valence-corrected chi connectivity index (χ2v) is 7.71. The number of carbonyl (C=O) groups excluding carboxylic acids is 1. The molecule has 0 amide bonds. The molecule has 1 aliphatic rings. The Morgan fingerprint density at radius 3 is 2.48 bits per heavy atom. The number of carbonyl (C=O) groups is 2. The van der Waals surface area contributed by atoms with Crippen LogP contribution in [0, 0.1) is 11.8 Å². The van der Waals surface area contributed by atoms with E-state index in [0.717, 1.165) is 17.4 Å². The van der Waals surface area contributed by atoms with Crippen LogP contribution in [-0.2, 0) is 18.4 Å². The van der Waals surface area contributed by atoms with Crippen molar-refractivity contribution in [2.75, 3.05) is 18.8 Å². The zero-order chi connectivity index (χ0) is 20.5. The number of nitrogens with two attached hydrogens (primary N) is 1. The topological polar surface area (TPSA) is 128 Å². The maximum Gasteiger partial charge on any atom is 0.332 e. The zero-order valence-electron chi connectivity index (χ0n) is 16.3. The van der Waals surface area contributed by atoms with Crippen molar-refractivity contribution >= 4 is 17.6 Å². The minimum Gasteiger partial charge on any atom is -0.480 e. The lowest BCUT2D eigenvalue weighted by molar-refractivity contribution is -0.146. The lowest BCUT2D eigenvalue weighted by Crippen LogP contribution is -2.52. The Balaban J connectivity index is 2.44. The molecular formula is C18H28N4O5. The van der Waals surface area contributed by atoms with E-state index < -0.39 is 29.0 Å². The number of likely N-dealkylation sites (tertiary alicyclic amines) is 1. The fraction of sp³-hybridized carbons (Fsp3) is 0.667. The summed E-state index contributed by atoms with van der Waals surface area (Å²) in [6.07, 6.45) is 1.55. The first kappa shape index (κ1) is 20.9. The Hall–Kier alpha value is -2.42. The summed E-state index contributed by atoms with van der Waals surface area (Å²) in [5.74, 6) is -1.71. The van der Waals surface area contributed by atoms with Gasteiger partial charge >= 0.3 is 11.7 Å². The van der Waals surface area contributed by atoms with Gasteiger partial charge in [0.15, 0.2) is 5.78 Å². The van der Waals surface area contributed by atoms with Crippen LogP contribution in [0.5, 0.6) is 0 Å². The van der Waals surface area contributed by atoms with E-state index in [0.29, 0.717) is 6.54 Å². The number of rotatable bonds is 6. The minimum absolute atomic E-state index is 0.0878. The summed E-state index contributed by atoms with van der Waals surface area (Å²) < 4.78 is 2.10. The van der Waals surface area contributed by atoms with Crippen LogP contribution in [0.25, 0.3) is 0 Å². The average Bonchev–Trinajstić information content (AvgIpc) is 2.56. The summed E-state index contributed by atoms with van der Waals surface area (Å²) in [5, 5.41) is 9.51. The predicted octanol–water partition coefficient (Wildman–Crippen LogP) is 0.153. The molecule has 1 aliphatic heterocycles. The Kier molecular flexibility index (Phi) is 6.25. The van der Waals surface area contributed by atoms with Crippen molar-refractivity contribution < 1.29 is 14.7 Å². The van der Waals surface area contributed by atoms with Crippen LogP contribution >= 0.6 is 0 Å². The van der Waals surface area contributed by atoms with Gasteiger partial charge in [-0.15, -0.1) is 0 Å². The largest absolute Gasteiger partial charge is 0.480 e. The first-order valence-electron chi connectivity index (χ1n) is 9.15. The van der Waals surface area contributed by atoms with Crippen molar-refractivity contribution in [3.63, 3.8) is 0 Å². The van der Waals surface area contributed by atoms with Crippen molar-refractivity contribution in [3.05, 3.63) is 26.4 Å². The number of anilines is 1. The summed E-state index contributed by atoms with van der Waals surface area (Å²) in [5.41, 5.74) is 4.45. The van der Waals surface area contributed by atoms with Crippen LogP contribution in [0.3, 0.4) is 0 Å². The summed E-state index contributed by atoms with van der Waals surface area (Å²) in [6, 6.07) is -0.783. The van der Waals surface area contributed by atoms with Gasteiger partial charge in [0.1, 0.15) is 17.4 Å². The Morgan fingerprint density at radius 1 is 1.30 bits per heavy atom. The van der Waals surface area contributed by atoms with Gasteiger partial charge < -0.3 is 10.8 Å². The smallest absolute Gasteiger partial charge is 0.332 e. The first-order valence-corrected chi connectivity index (χ1v) is 9.15. The first-order chi connectivity index (χ1) is 12.6. The van der Waals surface area contributed by atoms with Gasteiger partial charge in [-0.05, 0) is 31.2 Å². The molecule has 0 aliphatic carbocycles. The van der Waals surface area contributed by atoms with Crippen molar-refractivity contribution in [3.8, 4) is 0 Å². The number of Topliss-reactive ketones (excluding diaryl/α,β-unsaturated/α-hetero) is 1. The van der Waals surface area contributed by atoms with Crippen LogP contribution in [0.4, 0.5) is 5.82 Å². The third-order valence-corrected chi connectivity index (χ3v) is 5.05. The molecule has 1 fully saturated rings. The molecule has 0 radical (unpaired) electrons. The maximum absolute atomic E-state index is 12.9. The second kappa shape index (κ2) is 8.08. The molecule has 3 N–H and O–H groups in total. The molecule has 0 bridgehead atoms. The minimum atomic E-state index is -0.986. The summed E-state index contributed by atoms with van der Waals surface area (Å²) >= 11 is 0. The van der Waals surface area contributed by atoms with E-state index in [2.05, 4.69) is 0 Å². The highest BCUT2D eigenvalue weighted by atomic mass is 16.4. The molecule has 2 heterocycles. The summed E-state index contributed by atoms with van der Waals surface area (Å²) in [6.45, 7) is 6.14. The Labute approximate surface area is 157 Å². The van der Waals surface area contributed by atoms with E-state index in [1.807, 2.05) is 20.8 Å². The van der Waals surface area contributed by atoms with Gasteiger partial charge in [0, 0.05) is 13.6 Å². The second-order valence-electron chi connectivity index (χ2n) is 7.71. The Morgan fingerprint density at radius 2 is 1.93 bits per heavy atom. The number of carboxylic acids is 1. The highest BCUT2D eigenvalue weighted by Crippen LogP contribution is 2.24. The molecule has 0 spiro atoms. The third kappa shape index (κ3) is 4.13. The summed E-state index contributed by atoms with van der Waals surface area (Å²) in [7, 11) is 1.31. The van der Waals surface area contributed by atoms with E-state index in [-0.39, 0.29) is 36.3 Å². The van der Waals surface area contributed by atoms with E-state index in [9.17, 15) is 24.3 Å². The Bertz CT molecular complexity index is 855. The molecule has 9 nitrogen and oxygen atoms in total. The van der Waals surface area contributed by atoms with Crippen molar-refractivity contribution in [1.82, 2.24) is 14.0 Å². The summed E-state index contributed by atoms with van der Waals surface area (Å²) in [4.78, 5) is 50.9. The number of aromatic nitrogens is 2. The standard InChI is InChI=1S/C18H28N4O5/c1-10(2)8-22-15(19)13(16(24)20(4)18(22)27)12(23)9-21-7-5-6-11(3)14(21)17(25)26/h10-11,14H,5-9,19H2,1-4H3,(H,25,26). The number of carboxylic acid groups (broad SMARTS) is 1. The number of aliphatic carboxylic acids is 1. The molecule has 2 unspecified atom stereocenters. The van der Waals surface area contributed by atoms with Crippen molar-refractivity contribution in [1.29, 1.82) is 0 Å². The molecule has 0 aromatic carbocycles. The van der Waals surface area contributed by atoms with Gasteiger partial charge in [-0.1, -0.05) is 20.8 Å². The van der Waals surface area contributed by atoms with E-state index in [1.165, 1.54) is 11.6 Å². The molecule has 150 valence electrons. The monoisotopic (exact) mass is 380 g/mol. The van der Waals surface area contributed by atoms with Crippen molar-refractivity contribution in [2.45, 2.75) is 46.2 Å². The predicted molar refractivity (Wildman–Crippen MR) is 101 cm³/mol. The number of hydrogen-bond acceptors (Lipinski definition) is 6. The lowest BCUT2D eigenvalue weighted by Gasteiger charge is -2.36. The van der Waals surface area contributed by atoms with Crippen LogP contribution in [-0.4, -0.2) is 50.0 Å². The van der Waals surface area contributed by atoms with Gasteiger partial charge in [-0.25, -0.2) is 4.79 Å². The molecule has 1 aromatic rings. The lowest BCUT2D eigenvalue weighted by atomic mass is 9.90. The number of ketones is 1. The molecule has 1 saturated heterocycles. The number of nitrogens with zero attached hydrogens (tertiary/aromatic N) is 3. The van der Waals surface area contributed by atoms with E-state index in [4.69, 9.17) is 5.73 Å². The molecule has 2 atom stereocenters. The SMILES string of the molecule is CC(C)Cn1c(N)c(C(=O)CN2CCCC(C)C2C(=O)O)c(=O)n(C)c1=O. The average molecular weight is 380 g/mol. The van der Waals surface area contributed by atoms with Gasteiger partial charge in [-0.2, -0.15) is 0 Å². The van der Waals surface area contributed by atoms with Crippen LogP contribution in [0.15, 0.2) is 9.59 Å². The molecular weight excluding hydrogens is 352 g/mol. The number of hydrogen-bond donors (Lipinski definition) is 2. The molecule has 1 aromatic heterocycles. The zero-order valence-corrected chi connectivity index (χ0v) is 16.3. The highest BCUT2D eigenvalue weighted by Gasteiger charge is 2.36. The van der Waals surface area contributed by atoms with Crippen LogP contribution in [0.2, 0.25) is 0 Å². The van der Waals surface area contributed by atoms with Crippen LogP contribution in [0.1, 0.15) is 44.0 Å². The van der Waals surface area contributed by atoms with Gasteiger partial charge in [0.05, 0.1) is 6.54 Å². The fourth-order valence-corrected chi connectivity index (χ4v) is 3.70. The molecule has 9 heteroatoms. The third-order valence-electron chi connectivity index (χ3n) is 5.05. The molecule has 27 heavy (non-hydrogen) atoms. The highest BCUT2D eigenvalue weighted by molar-refractivity contribution is 6.01. The maximum atomic E-state index is 12.9. The van der Waals surface area contributed by atoms with E-state index >= 15 is 0 Å². The molecule has 0 saturated carbocycles. The fourth-order valence-electron chi connectivity index (χ4n) is 3.70. The van der Waals surface area contributed by atoms with Gasteiger partial charge in [0.2, 0.25) is 0 Å². The number of nitrogen functional groups attached to an aromatic ring is 1. The quantitative estimate of drug-likeness (QED) is 0.673. The normalized spacial score (nSPS) is 20.8. The molecule has 2 rings (SSSR count). The van der Waals surface area contributed by atoms with Gasteiger partial charge in [0.25, 0.3) is 5.56 Å². The van der Waals surface area contributed by atoms with Crippen molar-refractivity contribution in [2.24, 2.45) is 18.9 Å². The van der Waals surface area contributed by atoms with Crippen LogP contribution < -0.4 is 17.0 Å². The van der Waals surface area contributed by atoms with E-state index in [1.54, 1.807) is 4.90 Å². The van der Waals surface area contributed by atoms with Gasteiger partial charge in [-0.3, -0.25) is 28.4 Å².